The Bertz CT molecular complexity index is 870. The highest BCUT2D eigenvalue weighted by molar-refractivity contribution is 7.89. The van der Waals surface area contributed by atoms with Gasteiger partial charge in [0, 0.05) is 25.1 Å². The zero-order chi connectivity index (χ0) is 18.0. The molecule has 0 unspecified atom stereocenters. The van der Waals surface area contributed by atoms with Gasteiger partial charge in [0.1, 0.15) is 0 Å². The fraction of sp³-hybridized carbons (Fsp3) is 0.294. The Morgan fingerprint density at radius 2 is 1.72 bits per heavy atom. The molecule has 0 aromatic heterocycles. The summed E-state index contributed by atoms with van der Waals surface area (Å²) in [5.41, 5.74) is 6.47. The average molecular weight is 361 g/mol. The molecule has 2 aromatic rings. The summed E-state index contributed by atoms with van der Waals surface area (Å²) in [5, 5.41) is 11.2. The molecule has 0 amide bonds. The van der Waals surface area contributed by atoms with Crippen LogP contribution in [-0.4, -0.2) is 37.3 Å². The average Bonchev–Trinajstić information content (AvgIpc) is 3.07. The molecule has 1 aliphatic rings. The molecule has 2 aromatic carbocycles. The van der Waals surface area contributed by atoms with E-state index < -0.39 is 20.6 Å². The highest BCUT2D eigenvalue weighted by Crippen LogP contribution is 2.36. The van der Waals surface area contributed by atoms with E-state index in [1.807, 2.05) is 30.3 Å². The van der Waals surface area contributed by atoms with Crippen molar-refractivity contribution < 1.29 is 13.3 Å². The van der Waals surface area contributed by atoms with E-state index in [0.717, 1.165) is 5.56 Å². The molecule has 0 bridgehead atoms. The summed E-state index contributed by atoms with van der Waals surface area (Å²) in [6, 6.07) is 15.0. The predicted molar refractivity (Wildman–Crippen MR) is 93.6 cm³/mol. The quantitative estimate of drug-likeness (QED) is 0.647. The van der Waals surface area contributed by atoms with Crippen LogP contribution < -0.4 is 5.73 Å². The lowest BCUT2D eigenvalue weighted by molar-refractivity contribution is -0.387. The van der Waals surface area contributed by atoms with Crippen molar-refractivity contribution in [1.82, 2.24) is 4.31 Å². The lowest BCUT2D eigenvalue weighted by Crippen LogP contribution is -2.30. The largest absolute Gasteiger partial charge is 0.330 e. The van der Waals surface area contributed by atoms with Gasteiger partial charge in [-0.3, -0.25) is 10.1 Å². The Morgan fingerprint density at radius 3 is 2.36 bits per heavy atom. The maximum absolute atomic E-state index is 13.0. The maximum atomic E-state index is 13.0. The van der Waals surface area contributed by atoms with Gasteiger partial charge < -0.3 is 5.73 Å². The van der Waals surface area contributed by atoms with Gasteiger partial charge in [-0.05, 0) is 24.1 Å². The molecule has 3 rings (SSSR count). The number of nitrogens with zero attached hydrogens (tertiary/aromatic N) is 2. The second kappa shape index (κ2) is 6.91. The van der Waals surface area contributed by atoms with Gasteiger partial charge in [-0.1, -0.05) is 42.5 Å². The molecule has 0 saturated carbocycles. The first-order valence-electron chi connectivity index (χ1n) is 7.93. The second-order valence-corrected chi connectivity index (χ2v) is 7.97. The van der Waals surface area contributed by atoms with Gasteiger partial charge in [-0.15, -0.1) is 0 Å². The van der Waals surface area contributed by atoms with Crippen LogP contribution in [-0.2, 0) is 10.0 Å². The molecular formula is C17H19N3O4S. The third-order valence-corrected chi connectivity index (χ3v) is 6.50. The molecular weight excluding hydrogens is 342 g/mol. The van der Waals surface area contributed by atoms with E-state index in [-0.39, 0.29) is 29.8 Å². The minimum Gasteiger partial charge on any atom is -0.330 e. The fourth-order valence-corrected chi connectivity index (χ4v) is 4.99. The molecule has 1 fully saturated rings. The molecule has 8 heteroatoms. The van der Waals surface area contributed by atoms with Crippen molar-refractivity contribution in [2.75, 3.05) is 19.6 Å². The molecule has 0 spiro atoms. The Labute approximate surface area is 146 Å². The number of nitro benzene ring substituents is 1. The third kappa shape index (κ3) is 3.28. The predicted octanol–water partition coefficient (Wildman–Crippen LogP) is 1.96. The van der Waals surface area contributed by atoms with Crippen LogP contribution in [0.5, 0.6) is 0 Å². The van der Waals surface area contributed by atoms with Crippen LogP contribution in [0, 0.1) is 16.0 Å². The molecule has 1 saturated heterocycles. The highest BCUT2D eigenvalue weighted by Gasteiger charge is 2.41. The minimum atomic E-state index is -3.96. The standard InChI is InChI=1S/C17H19N3O4S/c18-10-14-11-19(12-15(14)13-6-2-1-3-7-13)25(23,24)17-9-5-4-8-16(17)20(21)22/h1-9,14-15H,10-12,18H2/t14-,15+/m1/s1. The van der Waals surface area contributed by atoms with Gasteiger partial charge in [0.05, 0.1) is 4.92 Å². The summed E-state index contributed by atoms with van der Waals surface area (Å²) in [5.74, 6) is -0.0521. The summed E-state index contributed by atoms with van der Waals surface area (Å²) >= 11 is 0. The third-order valence-electron chi connectivity index (χ3n) is 4.62. The number of sulfonamides is 1. The van der Waals surface area contributed by atoms with Crippen LogP contribution in [0.2, 0.25) is 0 Å². The number of nitrogens with two attached hydrogens (primary N) is 1. The van der Waals surface area contributed by atoms with Gasteiger partial charge in [0.2, 0.25) is 10.0 Å². The van der Waals surface area contributed by atoms with Crippen molar-refractivity contribution in [2.45, 2.75) is 10.8 Å². The molecule has 0 radical (unpaired) electrons. The monoisotopic (exact) mass is 361 g/mol. The Kier molecular flexibility index (Phi) is 4.85. The molecule has 1 aliphatic heterocycles. The van der Waals surface area contributed by atoms with Crippen molar-refractivity contribution in [2.24, 2.45) is 11.7 Å². The molecule has 2 N–H and O–H groups in total. The summed E-state index contributed by atoms with van der Waals surface area (Å²) in [6.45, 7) is 0.868. The van der Waals surface area contributed by atoms with Crippen molar-refractivity contribution in [3.63, 3.8) is 0 Å². The van der Waals surface area contributed by atoms with Gasteiger partial charge >= 0.3 is 0 Å². The SMILES string of the molecule is NC[C@@H]1CN(S(=O)(=O)c2ccccc2[N+](=O)[O-])C[C@H]1c1ccccc1. The summed E-state index contributed by atoms with van der Waals surface area (Å²) in [7, 11) is -3.96. The zero-order valence-corrected chi connectivity index (χ0v) is 14.3. The molecule has 132 valence electrons. The lowest BCUT2D eigenvalue weighted by atomic mass is 9.89. The number of nitro groups is 1. The van der Waals surface area contributed by atoms with E-state index in [1.54, 1.807) is 0 Å². The van der Waals surface area contributed by atoms with Gasteiger partial charge in [-0.2, -0.15) is 4.31 Å². The van der Waals surface area contributed by atoms with Crippen LogP contribution in [0.25, 0.3) is 0 Å². The topological polar surface area (TPSA) is 107 Å². The van der Waals surface area contributed by atoms with E-state index >= 15 is 0 Å². The molecule has 1 heterocycles. The number of benzene rings is 2. The highest BCUT2D eigenvalue weighted by atomic mass is 32.2. The summed E-state index contributed by atoms with van der Waals surface area (Å²) in [4.78, 5) is 10.2. The first kappa shape index (κ1) is 17.5. The lowest BCUT2D eigenvalue weighted by Gasteiger charge is -2.17. The van der Waals surface area contributed by atoms with Crippen LogP contribution in [0.4, 0.5) is 5.69 Å². The van der Waals surface area contributed by atoms with E-state index in [1.165, 1.54) is 28.6 Å². The maximum Gasteiger partial charge on any atom is 0.289 e. The van der Waals surface area contributed by atoms with Crippen LogP contribution >= 0.6 is 0 Å². The normalized spacial score (nSPS) is 21.3. The van der Waals surface area contributed by atoms with Crippen LogP contribution in [0.15, 0.2) is 59.5 Å². The minimum absolute atomic E-state index is 0.0243. The number of hydrogen-bond donors (Lipinski definition) is 1. The Hall–Kier alpha value is -2.29. The number of hydrogen-bond acceptors (Lipinski definition) is 5. The first-order chi connectivity index (χ1) is 11.9. The van der Waals surface area contributed by atoms with Gasteiger partial charge in [-0.25, -0.2) is 8.42 Å². The Balaban J connectivity index is 1.96. The van der Waals surface area contributed by atoms with Crippen LogP contribution in [0.1, 0.15) is 11.5 Å². The number of rotatable bonds is 5. The van der Waals surface area contributed by atoms with Crippen molar-refractivity contribution >= 4 is 15.7 Å². The summed E-state index contributed by atoms with van der Waals surface area (Å²) < 4.78 is 27.3. The smallest absolute Gasteiger partial charge is 0.289 e. The van der Waals surface area contributed by atoms with E-state index in [4.69, 9.17) is 5.73 Å². The van der Waals surface area contributed by atoms with Gasteiger partial charge in [0.15, 0.2) is 4.90 Å². The molecule has 7 nitrogen and oxygen atoms in total. The van der Waals surface area contributed by atoms with Crippen LogP contribution in [0.3, 0.4) is 0 Å². The Morgan fingerprint density at radius 1 is 1.08 bits per heavy atom. The van der Waals surface area contributed by atoms with E-state index in [0.29, 0.717) is 6.54 Å². The summed E-state index contributed by atoms with van der Waals surface area (Å²) in [6.07, 6.45) is 0. The molecule has 25 heavy (non-hydrogen) atoms. The number of para-hydroxylation sites is 1. The first-order valence-corrected chi connectivity index (χ1v) is 9.37. The molecule has 2 atom stereocenters. The van der Waals surface area contributed by atoms with E-state index in [9.17, 15) is 18.5 Å². The van der Waals surface area contributed by atoms with Crippen molar-refractivity contribution in [1.29, 1.82) is 0 Å². The van der Waals surface area contributed by atoms with Crippen molar-refractivity contribution in [3.8, 4) is 0 Å². The van der Waals surface area contributed by atoms with Crippen molar-refractivity contribution in [3.05, 3.63) is 70.3 Å². The second-order valence-electron chi connectivity index (χ2n) is 6.06. The van der Waals surface area contributed by atoms with E-state index in [2.05, 4.69) is 0 Å². The zero-order valence-electron chi connectivity index (χ0n) is 13.5. The molecule has 0 aliphatic carbocycles. The van der Waals surface area contributed by atoms with Gasteiger partial charge in [0.25, 0.3) is 5.69 Å². The fourth-order valence-electron chi connectivity index (χ4n) is 3.31.